The minimum absolute atomic E-state index is 0.167. The fraction of sp³-hybridized carbons (Fsp3) is 0.364. The molecule has 0 aromatic heterocycles. The number of halogens is 2. The molecule has 1 aromatic rings. The summed E-state index contributed by atoms with van der Waals surface area (Å²) in [4.78, 5) is 4.15. The maximum absolute atomic E-state index is 6.13. The number of rotatable bonds is 3. The fourth-order valence-electron chi connectivity index (χ4n) is 1.81. The standard InChI is InChI=1S/C11H12Cl2N2O2/c1-16-10(8-5-17-11(14)15-8)9-6(12)3-2-4-7(9)13/h2-4,8,10H,5H2,1H3,(H2,14,15). The van der Waals surface area contributed by atoms with Crippen molar-refractivity contribution in [2.45, 2.75) is 12.1 Å². The Balaban J connectivity index is 2.36. The maximum Gasteiger partial charge on any atom is 0.282 e. The predicted octanol–water partition coefficient (Wildman–Crippen LogP) is 2.39. The second kappa shape index (κ2) is 5.12. The average molecular weight is 275 g/mol. The third kappa shape index (κ3) is 2.49. The smallest absolute Gasteiger partial charge is 0.282 e. The monoisotopic (exact) mass is 274 g/mol. The van der Waals surface area contributed by atoms with Gasteiger partial charge in [-0.25, -0.2) is 4.99 Å². The molecule has 1 heterocycles. The van der Waals surface area contributed by atoms with Crippen molar-refractivity contribution in [3.8, 4) is 0 Å². The van der Waals surface area contributed by atoms with Gasteiger partial charge in [0.15, 0.2) is 0 Å². The van der Waals surface area contributed by atoms with E-state index in [2.05, 4.69) is 4.99 Å². The van der Waals surface area contributed by atoms with E-state index in [0.29, 0.717) is 22.2 Å². The number of aliphatic imine (C=N–C) groups is 1. The van der Waals surface area contributed by atoms with Crippen molar-refractivity contribution in [1.29, 1.82) is 0 Å². The number of hydrogen-bond donors (Lipinski definition) is 1. The van der Waals surface area contributed by atoms with E-state index >= 15 is 0 Å². The van der Waals surface area contributed by atoms with Crippen LogP contribution in [0, 0.1) is 0 Å². The maximum atomic E-state index is 6.13. The van der Waals surface area contributed by atoms with E-state index in [9.17, 15) is 0 Å². The first-order valence-corrected chi connectivity index (χ1v) is 5.82. The molecule has 0 saturated heterocycles. The lowest BCUT2D eigenvalue weighted by molar-refractivity contribution is 0.0718. The predicted molar refractivity (Wildman–Crippen MR) is 67.6 cm³/mol. The van der Waals surface area contributed by atoms with E-state index in [4.69, 9.17) is 38.4 Å². The Hall–Kier alpha value is -0.970. The summed E-state index contributed by atoms with van der Waals surface area (Å²) >= 11 is 12.3. The van der Waals surface area contributed by atoms with Gasteiger partial charge >= 0.3 is 0 Å². The number of nitrogens with zero attached hydrogens (tertiary/aromatic N) is 1. The van der Waals surface area contributed by atoms with Gasteiger partial charge in [-0.15, -0.1) is 0 Å². The number of amidine groups is 1. The molecule has 1 aliphatic rings. The first-order valence-electron chi connectivity index (χ1n) is 5.06. The third-order valence-corrected chi connectivity index (χ3v) is 3.24. The molecule has 2 N–H and O–H groups in total. The van der Waals surface area contributed by atoms with Gasteiger partial charge < -0.3 is 15.2 Å². The van der Waals surface area contributed by atoms with Gasteiger partial charge in [0.2, 0.25) is 0 Å². The minimum Gasteiger partial charge on any atom is -0.463 e. The highest BCUT2D eigenvalue weighted by molar-refractivity contribution is 6.36. The van der Waals surface area contributed by atoms with E-state index < -0.39 is 0 Å². The Morgan fingerprint density at radius 1 is 1.47 bits per heavy atom. The summed E-state index contributed by atoms with van der Waals surface area (Å²) in [5.74, 6) is 0. The van der Waals surface area contributed by atoms with Crippen LogP contribution >= 0.6 is 23.2 Å². The lowest BCUT2D eigenvalue weighted by Gasteiger charge is -2.21. The SMILES string of the molecule is COC(c1c(Cl)cccc1Cl)C1COC(N)=N1. The third-order valence-electron chi connectivity index (χ3n) is 2.58. The molecule has 0 amide bonds. The zero-order chi connectivity index (χ0) is 12.4. The molecular weight excluding hydrogens is 263 g/mol. The summed E-state index contributed by atoms with van der Waals surface area (Å²) in [5.41, 5.74) is 6.19. The molecule has 2 rings (SSSR count). The van der Waals surface area contributed by atoms with Crippen LogP contribution in [0.1, 0.15) is 11.7 Å². The summed E-state index contributed by atoms with van der Waals surface area (Å²) < 4.78 is 10.5. The molecule has 92 valence electrons. The average Bonchev–Trinajstić information content (AvgIpc) is 2.70. The van der Waals surface area contributed by atoms with Gasteiger partial charge in [0.05, 0.1) is 0 Å². The van der Waals surface area contributed by atoms with Gasteiger partial charge in [0.1, 0.15) is 18.8 Å². The molecular formula is C11H12Cl2N2O2. The van der Waals surface area contributed by atoms with Crippen LogP contribution < -0.4 is 5.73 Å². The van der Waals surface area contributed by atoms with Crippen molar-refractivity contribution in [3.63, 3.8) is 0 Å². The second-order valence-corrected chi connectivity index (χ2v) is 4.45. The van der Waals surface area contributed by atoms with Crippen LogP contribution in [0.4, 0.5) is 0 Å². The van der Waals surface area contributed by atoms with Crippen LogP contribution in [0.25, 0.3) is 0 Å². The van der Waals surface area contributed by atoms with Crippen molar-refractivity contribution < 1.29 is 9.47 Å². The summed E-state index contributed by atoms with van der Waals surface area (Å²) in [6.07, 6.45) is -0.364. The van der Waals surface area contributed by atoms with E-state index in [0.717, 1.165) is 0 Å². The van der Waals surface area contributed by atoms with Crippen LogP contribution in [0.2, 0.25) is 10.0 Å². The topological polar surface area (TPSA) is 56.8 Å². The molecule has 17 heavy (non-hydrogen) atoms. The molecule has 4 nitrogen and oxygen atoms in total. The van der Waals surface area contributed by atoms with Crippen LogP contribution in [-0.2, 0) is 9.47 Å². The Kier molecular flexibility index (Phi) is 3.76. The molecule has 2 atom stereocenters. The molecule has 0 saturated carbocycles. The van der Waals surface area contributed by atoms with Crippen molar-refractivity contribution in [2.75, 3.05) is 13.7 Å². The number of benzene rings is 1. The highest BCUT2D eigenvalue weighted by Crippen LogP contribution is 2.35. The number of hydrogen-bond acceptors (Lipinski definition) is 4. The fourth-order valence-corrected chi connectivity index (χ4v) is 2.43. The summed E-state index contributed by atoms with van der Waals surface area (Å²) in [7, 11) is 1.58. The molecule has 1 aliphatic heterocycles. The van der Waals surface area contributed by atoms with E-state index in [1.807, 2.05) is 0 Å². The van der Waals surface area contributed by atoms with Crippen molar-refractivity contribution in [3.05, 3.63) is 33.8 Å². The Bertz CT molecular complexity index is 431. The van der Waals surface area contributed by atoms with E-state index in [1.165, 1.54) is 0 Å². The zero-order valence-electron chi connectivity index (χ0n) is 9.19. The largest absolute Gasteiger partial charge is 0.463 e. The van der Waals surface area contributed by atoms with Gasteiger partial charge in [-0.2, -0.15) is 0 Å². The number of ether oxygens (including phenoxy) is 2. The molecule has 0 aliphatic carbocycles. The van der Waals surface area contributed by atoms with Gasteiger partial charge in [0.25, 0.3) is 6.02 Å². The molecule has 0 spiro atoms. The van der Waals surface area contributed by atoms with E-state index in [1.54, 1.807) is 25.3 Å². The highest BCUT2D eigenvalue weighted by atomic mass is 35.5. The molecule has 0 fully saturated rings. The number of methoxy groups -OCH3 is 1. The molecule has 6 heteroatoms. The molecule has 1 aromatic carbocycles. The molecule has 0 bridgehead atoms. The normalized spacial score (nSPS) is 20.9. The number of nitrogens with two attached hydrogens (primary N) is 1. The second-order valence-electron chi connectivity index (χ2n) is 3.64. The Morgan fingerprint density at radius 2 is 2.12 bits per heavy atom. The van der Waals surface area contributed by atoms with Gasteiger partial charge in [-0.1, -0.05) is 29.3 Å². The van der Waals surface area contributed by atoms with Crippen LogP contribution in [0.3, 0.4) is 0 Å². The van der Waals surface area contributed by atoms with Crippen LogP contribution in [0.15, 0.2) is 23.2 Å². The van der Waals surface area contributed by atoms with Gasteiger partial charge in [-0.05, 0) is 12.1 Å². The van der Waals surface area contributed by atoms with Crippen molar-refractivity contribution >= 4 is 29.2 Å². The quantitative estimate of drug-likeness (QED) is 0.921. The Labute approximate surface area is 109 Å². The molecule has 2 unspecified atom stereocenters. The summed E-state index contributed by atoms with van der Waals surface area (Å²) in [6.45, 7) is 0.367. The highest BCUT2D eigenvalue weighted by Gasteiger charge is 2.31. The van der Waals surface area contributed by atoms with E-state index in [-0.39, 0.29) is 18.2 Å². The zero-order valence-corrected chi connectivity index (χ0v) is 10.7. The summed E-state index contributed by atoms with van der Waals surface area (Å²) in [5, 5.41) is 1.09. The van der Waals surface area contributed by atoms with Crippen molar-refractivity contribution in [1.82, 2.24) is 0 Å². The van der Waals surface area contributed by atoms with Gasteiger partial charge in [0, 0.05) is 22.7 Å². The van der Waals surface area contributed by atoms with Crippen LogP contribution in [-0.4, -0.2) is 25.8 Å². The lowest BCUT2D eigenvalue weighted by atomic mass is 10.0. The molecule has 0 radical (unpaired) electrons. The summed E-state index contributed by atoms with van der Waals surface area (Å²) in [6, 6.07) is 5.25. The van der Waals surface area contributed by atoms with Crippen molar-refractivity contribution in [2.24, 2.45) is 10.7 Å². The first-order chi connectivity index (χ1) is 8.13. The first kappa shape index (κ1) is 12.5. The lowest BCUT2D eigenvalue weighted by Crippen LogP contribution is -2.20. The van der Waals surface area contributed by atoms with Crippen LogP contribution in [0.5, 0.6) is 0 Å². The van der Waals surface area contributed by atoms with Gasteiger partial charge in [-0.3, -0.25) is 0 Å². The Morgan fingerprint density at radius 3 is 2.59 bits per heavy atom. The minimum atomic E-state index is -0.364.